The molecule has 1 N–H and O–H groups in total. The average molecular weight is 309 g/mol. The van der Waals surface area contributed by atoms with Crippen LogP contribution in [0.5, 0.6) is 0 Å². The van der Waals surface area contributed by atoms with E-state index in [4.69, 9.17) is 5.11 Å². The van der Waals surface area contributed by atoms with Gasteiger partial charge in [0.15, 0.2) is 10.7 Å². The summed E-state index contributed by atoms with van der Waals surface area (Å²) >= 11 is 0.297. The van der Waals surface area contributed by atoms with Crippen molar-refractivity contribution in [1.29, 1.82) is 0 Å². The number of hydrogen-bond donors (Lipinski definition) is 1. The van der Waals surface area contributed by atoms with Crippen molar-refractivity contribution in [3.8, 4) is 11.3 Å². The lowest BCUT2D eigenvalue weighted by atomic mass is 10.1. The molecule has 1 heterocycles. The summed E-state index contributed by atoms with van der Waals surface area (Å²) < 4.78 is 67.8. The third kappa shape index (κ3) is 2.48. The second kappa shape index (κ2) is 4.82. The van der Waals surface area contributed by atoms with Gasteiger partial charge in [-0.2, -0.15) is 17.5 Å². The zero-order valence-corrected chi connectivity index (χ0v) is 10.1. The van der Waals surface area contributed by atoms with Crippen LogP contribution in [0.2, 0.25) is 0 Å². The van der Waals surface area contributed by atoms with Crippen LogP contribution in [0.3, 0.4) is 0 Å². The number of hydrogen-bond acceptors (Lipinski definition) is 3. The van der Waals surface area contributed by atoms with Crippen molar-refractivity contribution in [2.24, 2.45) is 0 Å². The average Bonchev–Trinajstić information content (AvgIpc) is 2.70. The number of nitrogens with zero attached hydrogens (tertiary/aromatic N) is 1. The summed E-state index contributed by atoms with van der Waals surface area (Å²) in [5, 5.41) is 8.64. The molecule has 0 saturated carbocycles. The normalized spacial score (nSPS) is 11.7. The van der Waals surface area contributed by atoms with Crippen molar-refractivity contribution < 1.29 is 31.9 Å². The van der Waals surface area contributed by atoms with E-state index in [-0.39, 0.29) is 5.56 Å². The molecule has 1 aromatic heterocycles. The van der Waals surface area contributed by atoms with Crippen molar-refractivity contribution in [3.05, 3.63) is 40.3 Å². The minimum atomic E-state index is -4.94. The lowest BCUT2D eigenvalue weighted by Gasteiger charge is -2.09. The van der Waals surface area contributed by atoms with E-state index in [1.165, 1.54) is 0 Å². The summed E-state index contributed by atoms with van der Waals surface area (Å²) in [6.07, 6.45) is -4.94. The smallest absolute Gasteiger partial charge is 0.419 e. The van der Waals surface area contributed by atoms with Gasteiger partial charge in [0.1, 0.15) is 11.5 Å². The highest BCUT2D eigenvalue weighted by Crippen LogP contribution is 2.35. The molecule has 0 atom stereocenters. The van der Waals surface area contributed by atoms with Gasteiger partial charge < -0.3 is 5.11 Å². The summed E-state index contributed by atoms with van der Waals surface area (Å²) in [5.74, 6) is -4.33. The Hall–Kier alpha value is -2.03. The molecule has 0 aliphatic carbocycles. The molecule has 0 radical (unpaired) electrons. The Morgan fingerprint density at radius 1 is 1.25 bits per heavy atom. The zero-order valence-electron chi connectivity index (χ0n) is 9.33. The van der Waals surface area contributed by atoms with Crippen LogP contribution in [0.1, 0.15) is 15.2 Å². The molecule has 9 heteroatoms. The van der Waals surface area contributed by atoms with E-state index in [0.717, 1.165) is 6.07 Å². The van der Waals surface area contributed by atoms with Gasteiger partial charge in [-0.05, 0) is 29.7 Å². The van der Waals surface area contributed by atoms with Gasteiger partial charge in [0.05, 0.1) is 5.56 Å². The Bertz CT molecular complexity index is 680. The number of aromatic nitrogens is 1. The summed E-state index contributed by atoms with van der Waals surface area (Å²) in [5.41, 5.74) is -2.47. The van der Waals surface area contributed by atoms with Crippen LogP contribution in [0.4, 0.5) is 22.0 Å². The predicted molar refractivity (Wildman–Crippen MR) is 59.4 cm³/mol. The number of carbonyl (C=O) groups is 1. The Labute approximate surface area is 112 Å². The SMILES string of the molecule is O=C(O)c1snc(-c2ccc(F)c(C(F)(F)F)c2)c1F. The molecule has 2 rings (SSSR count). The maximum absolute atomic E-state index is 13.7. The largest absolute Gasteiger partial charge is 0.477 e. The summed E-state index contributed by atoms with van der Waals surface area (Å²) in [6, 6.07) is 1.81. The fourth-order valence-corrected chi connectivity index (χ4v) is 2.10. The molecule has 2 aromatic rings. The molecule has 0 bridgehead atoms. The Balaban J connectivity index is 2.57. The maximum atomic E-state index is 13.7. The van der Waals surface area contributed by atoms with E-state index in [1.54, 1.807) is 0 Å². The maximum Gasteiger partial charge on any atom is 0.419 e. The first-order valence-electron chi connectivity index (χ1n) is 4.97. The van der Waals surface area contributed by atoms with E-state index >= 15 is 0 Å². The summed E-state index contributed by atoms with van der Waals surface area (Å²) in [7, 11) is 0. The molecule has 0 saturated heterocycles. The number of rotatable bonds is 2. The third-order valence-corrected chi connectivity index (χ3v) is 3.19. The van der Waals surface area contributed by atoms with Crippen molar-refractivity contribution >= 4 is 17.5 Å². The fourth-order valence-electron chi connectivity index (χ4n) is 1.48. The minimum Gasteiger partial charge on any atom is -0.477 e. The zero-order chi connectivity index (χ0) is 15.1. The van der Waals surface area contributed by atoms with Gasteiger partial charge in [-0.25, -0.2) is 13.6 Å². The molecular weight excluding hydrogens is 305 g/mol. The molecule has 0 spiro atoms. The third-order valence-electron chi connectivity index (χ3n) is 2.37. The number of carboxylic acids is 1. The lowest BCUT2D eigenvalue weighted by molar-refractivity contribution is -0.139. The second-order valence-corrected chi connectivity index (χ2v) is 4.45. The van der Waals surface area contributed by atoms with Gasteiger partial charge >= 0.3 is 12.1 Å². The van der Waals surface area contributed by atoms with Gasteiger partial charge in [-0.3, -0.25) is 0 Å². The van der Waals surface area contributed by atoms with E-state index < -0.39 is 39.9 Å². The second-order valence-electron chi connectivity index (χ2n) is 3.67. The predicted octanol–water partition coefficient (Wildman–Crippen LogP) is 3.81. The number of carboxylic acid groups (broad SMARTS) is 1. The van der Waals surface area contributed by atoms with Gasteiger partial charge in [-0.1, -0.05) is 0 Å². The summed E-state index contributed by atoms with van der Waals surface area (Å²) in [6.45, 7) is 0. The van der Waals surface area contributed by atoms with Crippen LogP contribution in [0.25, 0.3) is 11.3 Å². The Morgan fingerprint density at radius 3 is 2.40 bits per heavy atom. The first-order valence-corrected chi connectivity index (χ1v) is 5.74. The molecule has 0 amide bonds. The number of aromatic carboxylic acids is 1. The Kier molecular flexibility index (Phi) is 3.46. The quantitative estimate of drug-likeness (QED) is 0.858. The van der Waals surface area contributed by atoms with Crippen molar-refractivity contribution in [3.63, 3.8) is 0 Å². The van der Waals surface area contributed by atoms with Crippen molar-refractivity contribution in [1.82, 2.24) is 4.37 Å². The summed E-state index contributed by atoms with van der Waals surface area (Å²) in [4.78, 5) is 9.91. The van der Waals surface area contributed by atoms with Crippen LogP contribution in [0.15, 0.2) is 18.2 Å². The monoisotopic (exact) mass is 309 g/mol. The van der Waals surface area contributed by atoms with Gasteiger partial charge in [0, 0.05) is 5.56 Å². The molecule has 3 nitrogen and oxygen atoms in total. The highest BCUT2D eigenvalue weighted by Gasteiger charge is 2.34. The molecule has 1 aromatic carbocycles. The first-order chi connectivity index (χ1) is 9.21. The topological polar surface area (TPSA) is 50.2 Å². The first kappa shape index (κ1) is 14.4. The van der Waals surface area contributed by atoms with Crippen LogP contribution in [0, 0.1) is 11.6 Å². The molecule has 0 aliphatic rings. The van der Waals surface area contributed by atoms with Crippen molar-refractivity contribution in [2.45, 2.75) is 6.18 Å². The molecule has 0 fully saturated rings. The van der Waals surface area contributed by atoms with Crippen molar-refractivity contribution in [2.75, 3.05) is 0 Å². The number of halogens is 5. The highest BCUT2D eigenvalue weighted by atomic mass is 32.1. The van der Waals surface area contributed by atoms with Crippen LogP contribution >= 0.6 is 11.5 Å². The van der Waals surface area contributed by atoms with Gasteiger partial charge in [-0.15, -0.1) is 0 Å². The Morgan fingerprint density at radius 2 is 1.90 bits per heavy atom. The number of alkyl halides is 3. The van der Waals surface area contributed by atoms with Gasteiger partial charge in [0.2, 0.25) is 0 Å². The fraction of sp³-hybridized carbons (Fsp3) is 0.0909. The molecular formula is C11H4F5NO2S. The number of benzene rings is 1. The molecule has 20 heavy (non-hydrogen) atoms. The van der Waals surface area contributed by atoms with Crippen LogP contribution < -0.4 is 0 Å². The lowest BCUT2D eigenvalue weighted by Crippen LogP contribution is -2.08. The molecule has 0 unspecified atom stereocenters. The molecule has 106 valence electrons. The highest BCUT2D eigenvalue weighted by molar-refractivity contribution is 7.08. The van der Waals surface area contributed by atoms with Crippen LogP contribution in [-0.2, 0) is 6.18 Å². The van der Waals surface area contributed by atoms with E-state index in [9.17, 15) is 26.7 Å². The van der Waals surface area contributed by atoms with Gasteiger partial charge in [0.25, 0.3) is 0 Å². The molecule has 0 aliphatic heterocycles. The van der Waals surface area contributed by atoms with E-state index in [1.807, 2.05) is 0 Å². The van der Waals surface area contributed by atoms with Crippen LogP contribution in [-0.4, -0.2) is 15.4 Å². The van der Waals surface area contributed by atoms with E-state index in [0.29, 0.717) is 23.7 Å². The standard InChI is InChI=1S/C11H4F5NO2S/c12-6-2-1-4(3-5(6)11(14,15)16)8-7(13)9(10(18)19)20-17-8/h1-3H,(H,18,19). The minimum absolute atomic E-state index is 0.297. The van der Waals surface area contributed by atoms with E-state index in [2.05, 4.69) is 4.37 Å².